The standard InChI is InChI=1S/C13H14F2N2O2/c1-13(12(18)19)6-3-7-17(13)16-8-9-4-2-5-10(14)11(9)15/h2,4-5,8H,3,6-7H2,1H3,(H,18,19). The molecule has 0 radical (unpaired) electrons. The van der Waals surface area contributed by atoms with Crippen LogP contribution in [-0.4, -0.2) is 34.4 Å². The van der Waals surface area contributed by atoms with Crippen molar-refractivity contribution in [3.05, 3.63) is 35.4 Å². The van der Waals surface area contributed by atoms with Gasteiger partial charge in [-0.1, -0.05) is 12.1 Å². The zero-order valence-corrected chi connectivity index (χ0v) is 10.4. The second-order valence-electron chi connectivity index (χ2n) is 4.69. The summed E-state index contributed by atoms with van der Waals surface area (Å²) in [4.78, 5) is 11.2. The molecule has 0 saturated carbocycles. The summed E-state index contributed by atoms with van der Waals surface area (Å²) in [6.07, 6.45) is 2.34. The van der Waals surface area contributed by atoms with E-state index < -0.39 is 23.1 Å². The zero-order chi connectivity index (χ0) is 14.0. The third kappa shape index (κ3) is 2.43. The number of hydrogen-bond acceptors (Lipinski definition) is 3. The van der Waals surface area contributed by atoms with Crippen LogP contribution in [0.5, 0.6) is 0 Å². The largest absolute Gasteiger partial charge is 0.479 e. The number of aliphatic carboxylic acids is 1. The summed E-state index contributed by atoms with van der Waals surface area (Å²) in [5, 5.41) is 14.6. The highest BCUT2D eigenvalue weighted by molar-refractivity contribution is 5.81. The van der Waals surface area contributed by atoms with E-state index >= 15 is 0 Å². The quantitative estimate of drug-likeness (QED) is 0.855. The minimum absolute atomic E-state index is 0.000334. The van der Waals surface area contributed by atoms with Gasteiger partial charge in [0.1, 0.15) is 0 Å². The van der Waals surface area contributed by atoms with Crippen LogP contribution in [0.2, 0.25) is 0 Å². The summed E-state index contributed by atoms with van der Waals surface area (Å²) in [5.74, 6) is -2.91. The van der Waals surface area contributed by atoms with E-state index in [4.69, 9.17) is 0 Å². The average Bonchev–Trinajstić information content (AvgIpc) is 2.74. The molecule has 6 heteroatoms. The minimum Gasteiger partial charge on any atom is -0.479 e. The van der Waals surface area contributed by atoms with Crippen molar-refractivity contribution in [2.24, 2.45) is 5.10 Å². The highest BCUT2D eigenvalue weighted by Crippen LogP contribution is 2.29. The van der Waals surface area contributed by atoms with Crippen LogP contribution < -0.4 is 0 Å². The molecule has 1 fully saturated rings. The molecule has 2 rings (SSSR count). The molecular weight excluding hydrogens is 254 g/mol. The van der Waals surface area contributed by atoms with Crippen LogP contribution in [0.25, 0.3) is 0 Å². The lowest BCUT2D eigenvalue weighted by atomic mass is 10.0. The highest BCUT2D eigenvalue weighted by Gasteiger charge is 2.43. The van der Waals surface area contributed by atoms with Crippen LogP contribution >= 0.6 is 0 Å². The van der Waals surface area contributed by atoms with Crippen LogP contribution in [0.1, 0.15) is 25.3 Å². The van der Waals surface area contributed by atoms with Gasteiger partial charge < -0.3 is 5.11 Å². The first-order chi connectivity index (χ1) is 8.95. The van der Waals surface area contributed by atoms with Gasteiger partial charge in [0.2, 0.25) is 0 Å². The fraction of sp³-hybridized carbons (Fsp3) is 0.385. The Morgan fingerprint density at radius 2 is 2.26 bits per heavy atom. The van der Waals surface area contributed by atoms with Crippen molar-refractivity contribution in [1.29, 1.82) is 0 Å². The number of carboxylic acid groups (broad SMARTS) is 1. The Kier molecular flexibility index (Phi) is 3.50. The van der Waals surface area contributed by atoms with Gasteiger partial charge in [-0.2, -0.15) is 5.10 Å². The van der Waals surface area contributed by atoms with Crippen molar-refractivity contribution < 1.29 is 18.7 Å². The number of carbonyl (C=O) groups is 1. The molecule has 1 aromatic rings. The van der Waals surface area contributed by atoms with Crippen molar-refractivity contribution >= 4 is 12.2 Å². The molecule has 4 nitrogen and oxygen atoms in total. The van der Waals surface area contributed by atoms with Crippen LogP contribution in [-0.2, 0) is 4.79 Å². The molecule has 0 spiro atoms. The lowest BCUT2D eigenvalue weighted by Crippen LogP contribution is -2.45. The van der Waals surface area contributed by atoms with E-state index in [1.807, 2.05) is 0 Å². The van der Waals surface area contributed by atoms with Crippen LogP contribution in [0.4, 0.5) is 8.78 Å². The lowest BCUT2D eigenvalue weighted by Gasteiger charge is -2.28. The van der Waals surface area contributed by atoms with Crippen molar-refractivity contribution in [1.82, 2.24) is 5.01 Å². The monoisotopic (exact) mass is 268 g/mol. The van der Waals surface area contributed by atoms with Gasteiger partial charge in [-0.15, -0.1) is 0 Å². The van der Waals surface area contributed by atoms with E-state index in [1.165, 1.54) is 17.1 Å². The number of hydrogen-bond donors (Lipinski definition) is 1. The number of halogens is 2. The van der Waals surface area contributed by atoms with Gasteiger partial charge in [-0.3, -0.25) is 5.01 Å². The molecule has 1 heterocycles. The molecule has 1 aliphatic heterocycles. The van der Waals surface area contributed by atoms with Crippen LogP contribution in [0.3, 0.4) is 0 Å². The number of hydrazone groups is 1. The van der Waals surface area contributed by atoms with Crippen molar-refractivity contribution in [3.63, 3.8) is 0 Å². The highest BCUT2D eigenvalue weighted by atomic mass is 19.2. The van der Waals surface area contributed by atoms with Gasteiger partial charge >= 0.3 is 5.97 Å². The lowest BCUT2D eigenvalue weighted by molar-refractivity contribution is -0.148. The summed E-state index contributed by atoms with van der Waals surface area (Å²) < 4.78 is 26.4. The van der Waals surface area contributed by atoms with E-state index in [0.29, 0.717) is 19.4 Å². The predicted molar refractivity (Wildman–Crippen MR) is 65.9 cm³/mol. The second-order valence-corrected chi connectivity index (χ2v) is 4.69. The first kappa shape index (κ1) is 13.5. The van der Waals surface area contributed by atoms with Crippen LogP contribution in [0, 0.1) is 11.6 Å². The second kappa shape index (κ2) is 4.95. The van der Waals surface area contributed by atoms with E-state index in [-0.39, 0.29) is 5.56 Å². The summed E-state index contributed by atoms with van der Waals surface area (Å²) in [6, 6.07) is 3.78. The molecule has 1 aromatic carbocycles. The van der Waals surface area contributed by atoms with Crippen molar-refractivity contribution in [2.45, 2.75) is 25.3 Å². The Morgan fingerprint density at radius 1 is 1.53 bits per heavy atom. The molecule has 19 heavy (non-hydrogen) atoms. The first-order valence-corrected chi connectivity index (χ1v) is 5.94. The Hall–Kier alpha value is -1.98. The van der Waals surface area contributed by atoms with E-state index in [0.717, 1.165) is 12.3 Å². The molecule has 1 saturated heterocycles. The maximum atomic E-state index is 13.4. The SMILES string of the molecule is CC1(C(=O)O)CCCN1N=Cc1cccc(F)c1F. The Balaban J connectivity index is 2.23. The molecule has 102 valence electrons. The zero-order valence-electron chi connectivity index (χ0n) is 10.4. The molecule has 0 aliphatic carbocycles. The van der Waals surface area contributed by atoms with Gasteiger partial charge in [0.05, 0.1) is 6.21 Å². The first-order valence-electron chi connectivity index (χ1n) is 5.94. The summed E-state index contributed by atoms with van der Waals surface area (Å²) in [5.41, 5.74) is -1.08. The summed E-state index contributed by atoms with van der Waals surface area (Å²) >= 11 is 0. The normalized spacial score (nSPS) is 23.2. The molecule has 1 atom stereocenters. The molecule has 0 aromatic heterocycles. The Labute approximate surface area is 109 Å². The van der Waals surface area contributed by atoms with Crippen LogP contribution in [0.15, 0.2) is 23.3 Å². The van der Waals surface area contributed by atoms with Gasteiger partial charge in [-0.05, 0) is 25.8 Å². The Bertz CT molecular complexity index is 533. The molecule has 1 N–H and O–H groups in total. The summed E-state index contributed by atoms with van der Waals surface area (Å²) in [6.45, 7) is 2.05. The maximum Gasteiger partial charge on any atom is 0.330 e. The number of rotatable bonds is 3. The fourth-order valence-corrected chi connectivity index (χ4v) is 2.10. The van der Waals surface area contributed by atoms with Crippen molar-refractivity contribution in [2.75, 3.05) is 6.54 Å². The van der Waals surface area contributed by atoms with Gasteiger partial charge in [0.25, 0.3) is 0 Å². The third-order valence-corrected chi connectivity index (χ3v) is 3.38. The predicted octanol–water partition coefficient (Wildman–Crippen LogP) is 2.24. The molecule has 0 amide bonds. The topological polar surface area (TPSA) is 52.9 Å². The minimum atomic E-state index is -1.08. The van der Waals surface area contributed by atoms with E-state index in [2.05, 4.69) is 5.10 Å². The number of carboxylic acids is 1. The van der Waals surface area contributed by atoms with E-state index in [9.17, 15) is 18.7 Å². The smallest absolute Gasteiger partial charge is 0.330 e. The molecular formula is C13H14F2N2O2. The van der Waals surface area contributed by atoms with E-state index in [1.54, 1.807) is 6.92 Å². The fourth-order valence-electron chi connectivity index (χ4n) is 2.10. The Morgan fingerprint density at radius 3 is 2.95 bits per heavy atom. The van der Waals surface area contributed by atoms with Gasteiger partial charge in [-0.25, -0.2) is 13.6 Å². The molecule has 1 aliphatic rings. The number of benzene rings is 1. The number of nitrogens with zero attached hydrogens (tertiary/aromatic N) is 2. The van der Waals surface area contributed by atoms with Gasteiger partial charge in [0, 0.05) is 12.1 Å². The molecule has 0 bridgehead atoms. The molecule has 1 unspecified atom stereocenters. The van der Waals surface area contributed by atoms with Gasteiger partial charge in [0.15, 0.2) is 17.2 Å². The van der Waals surface area contributed by atoms with Crippen molar-refractivity contribution in [3.8, 4) is 0 Å². The summed E-state index contributed by atoms with van der Waals surface area (Å²) in [7, 11) is 0. The maximum absolute atomic E-state index is 13.4. The average molecular weight is 268 g/mol. The third-order valence-electron chi connectivity index (χ3n) is 3.38.